The highest BCUT2D eigenvalue weighted by molar-refractivity contribution is 6.01. The molecule has 0 unspecified atom stereocenters. The molecule has 7 heteroatoms. The smallest absolute Gasteiger partial charge is 0.342 e. The molecule has 1 aromatic heterocycles. The third-order valence-corrected chi connectivity index (χ3v) is 4.78. The summed E-state index contributed by atoms with van der Waals surface area (Å²) in [4.78, 5) is 19.9. The van der Waals surface area contributed by atoms with E-state index in [0.29, 0.717) is 16.4 Å². The van der Waals surface area contributed by atoms with Crippen LogP contribution in [0.15, 0.2) is 66.4 Å². The van der Waals surface area contributed by atoms with Crippen LogP contribution in [0.5, 0.6) is 5.75 Å². The lowest BCUT2D eigenvalue weighted by Gasteiger charge is -2.15. The average Bonchev–Trinajstić information content (AvgIpc) is 3.18. The summed E-state index contributed by atoms with van der Waals surface area (Å²) in [6.45, 7) is 1.44. The number of nitriles is 1. The van der Waals surface area contributed by atoms with Gasteiger partial charge in [-0.3, -0.25) is 0 Å². The van der Waals surface area contributed by atoms with Crippen molar-refractivity contribution in [2.24, 2.45) is 0 Å². The van der Waals surface area contributed by atoms with Crippen molar-refractivity contribution in [2.75, 3.05) is 0 Å². The number of aromatic nitrogens is 2. The van der Waals surface area contributed by atoms with Crippen molar-refractivity contribution in [1.29, 1.82) is 5.26 Å². The molecule has 0 aliphatic heterocycles. The number of H-pyrrole nitrogens is 1. The van der Waals surface area contributed by atoms with E-state index in [1.165, 1.54) is 13.0 Å². The number of hydrogen-bond acceptors (Lipinski definition) is 6. The second-order valence-corrected chi connectivity index (χ2v) is 6.71. The maximum atomic E-state index is 12.6. The average molecular weight is 399 g/mol. The Morgan fingerprint density at radius 3 is 2.63 bits per heavy atom. The molecule has 30 heavy (non-hydrogen) atoms. The summed E-state index contributed by atoms with van der Waals surface area (Å²) in [5, 5.41) is 31.8. The van der Waals surface area contributed by atoms with Gasteiger partial charge in [0.15, 0.2) is 17.7 Å². The number of aliphatic hydroxyl groups is 1. The first-order valence-corrected chi connectivity index (χ1v) is 9.19. The fraction of sp³-hybridized carbons (Fsp3) is 0.0870. The zero-order valence-electron chi connectivity index (χ0n) is 16.0. The number of para-hydroxylation sites is 2. The second kappa shape index (κ2) is 7.60. The Kier molecular flexibility index (Phi) is 4.82. The molecule has 0 aliphatic rings. The molecular weight excluding hydrogens is 382 g/mol. The lowest BCUT2D eigenvalue weighted by molar-refractivity contribution is 0.0331. The van der Waals surface area contributed by atoms with E-state index in [4.69, 9.17) is 4.74 Å². The number of nitrogens with one attached hydrogen (secondary N) is 1. The molecule has 7 nitrogen and oxygen atoms in total. The van der Waals surface area contributed by atoms with Crippen LogP contribution in [0.25, 0.3) is 27.4 Å². The van der Waals surface area contributed by atoms with Crippen LogP contribution in [-0.4, -0.2) is 32.3 Å². The Morgan fingerprint density at radius 2 is 1.87 bits per heavy atom. The predicted octanol–water partition coefficient (Wildman–Crippen LogP) is 4.46. The number of aliphatic hydroxyl groups excluding tert-OH is 1. The summed E-state index contributed by atoms with van der Waals surface area (Å²) in [6, 6.07) is 19.3. The number of carbonyl (C=O) groups excluding carboxylic acids is 1. The summed E-state index contributed by atoms with van der Waals surface area (Å²) >= 11 is 0. The van der Waals surface area contributed by atoms with E-state index in [1.54, 1.807) is 30.3 Å². The number of esters is 1. The number of imidazole rings is 1. The van der Waals surface area contributed by atoms with Gasteiger partial charge in [0.2, 0.25) is 0 Å². The molecule has 0 aliphatic carbocycles. The number of hydrogen-bond donors (Lipinski definition) is 3. The van der Waals surface area contributed by atoms with Crippen LogP contribution in [0.3, 0.4) is 0 Å². The number of rotatable bonds is 4. The van der Waals surface area contributed by atoms with Crippen molar-refractivity contribution in [3.63, 3.8) is 0 Å². The maximum Gasteiger partial charge on any atom is 0.342 e. The van der Waals surface area contributed by atoms with Gasteiger partial charge in [-0.15, -0.1) is 0 Å². The van der Waals surface area contributed by atoms with Gasteiger partial charge in [-0.1, -0.05) is 42.5 Å². The number of benzene rings is 3. The van der Waals surface area contributed by atoms with Crippen LogP contribution < -0.4 is 0 Å². The third-order valence-electron chi connectivity index (χ3n) is 4.78. The normalized spacial score (nSPS) is 12.9. The van der Waals surface area contributed by atoms with Crippen LogP contribution in [0.1, 0.15) is 23.1 Å². The quantitative estimate of drug-likeness (QED) is 0.265. The van der Waals surface area contributed by atoms with Crippen molar-refractivity contribution in [1.82, 2.24) is 9.97 Å². The Hall–Kier alpha value is -4.31. The van der Waals surface area contributed by atoms with Gasteiger partial charge >= 0.3 is 5.97 Å². The first-order chi connectivity index (χ1) is 14.5. The molecule has 3 N–H and O–H groups in total. The number of aromatic amines is 1. The van der Waals surface area contributed by atoms with Crippen LogP contribution in [0.2, 0.25) is 0 Å². The molecule has 1 atom stereocenters. The lowest BCUT2D eigenvalue weighted by atomic mass is 10.1. The molecule has 0 amide bonds. The number of fused-ring (bicyclic) bond motifs is 2. The molecule has 0 fully saturated rings. The molecule has 0 saturated carbocycles. The van der Waals surface area contributed by atoms with Gasteiger partial charge in [0.25, 0.3) is 0 Å². The largest absolute Gasteiger partial charge is 0.507 e. The van der Waals surface area contributed by atoms with Gasteiger partial charge in [-0.05, 0) is 30.5 Å². The Bertz CT molecular complexity index is 1310. The molecular formula is C23H17N3O4. The molecule has 4 rings (SSSR count). The van der Waals surface area contributed by atoms with E-state index in [0.717, 1.165) is 5.39 Å². The minimum atomic E-state index is -1.13. The van der Waals surface area contributed by atoms with Gasteiger partial charge < -0.3 is 19.9 Å². The monoisotopic (exact) mass is 399 g/mol. The number of nitrogens with zero attached hydrogens (tertiary/aromatic N) is 2. The first-order valence-electron chi connectivity index (χ1n) is 9.19. The zero-order valence-corrected chi connectivity index (χ0v) is 16.0. The highest BCUT2D eigenvalue weighted by Gasteiger charge is 2.23. The van der Waals surface area contributed by atoms with Crippen molar-refractivity contribution >= 4 is 33.3 Å². The first kappa shape index (κ1) is 19.0. The van der Waals surface area contributed by atoms with E-state index in [-0.39, 0.29) is 22.7 Å². The summed E-state index contributed by atoms with van der Waals surface area (Å²) in [7, 11) is 0. The molecule has 1 heterocycles. The lowest BCUT2D eigenvalue weighted by Crippen LogP contribution is -2.18. The number of ether oxygens (including phenoxy) is 1. The van der Waals surface area contributed by atoms with E-state index >= 15 is 0 Å². The number of phenolic OH excluding ortho intramolecular Hbond substituents is 1. The SMILES string of the molecule is C[C@H](OC(=O)c1ccc2ccccc2c1O)/C(O)=C(\C#N)c1nc2ccccc2[nH]1. The number of aromatic hydroxyl groups is 1. The Labute approximate surface area is 171 Å². The molecule has 0 bridgehead atoms. The minimum absolute atomic E-state index is 0.0319. The molecule has 0 saturated heterocycles. The maximum absolute atomic E-state index is 12.6. The third kappa shape index (κ3) is 3.31. The fourth-order valence-corrected chi connectivity index (χ4v) is 3.21. The minimum Gasteiger partial charge on any atom is -0.507 e. The Balaban J connectivity index is 1.63. The second-order valence-electron chi connectivity index (χ2n) is 6.71. The van der Waals surface area contributed by atoms with E-state index in [1.807, 2.05) is 30.3 Å². The van der Waals surface area contributed by atoms with Gasteiger partial charge in [0.1, 0.15) is 23.0 Å². The highest BCUT2D eigenvalue weighted by atomic mass is 16.6. The standard InChI is InChI=1S/C23H17N3O4/c1-13(20(27)17(12-24)22-25-18-8-4-5-9-19(18)26-22)30-23(29)16-11-10-14-6-2-3-7-15(14)21(16)28/h2-11,13,27-28H,1H3,(H,25,26)/b20-17-/t13-/m0/s1. The topological polar surface area (TPSA) is 119 Å². The number of phenols is 1. The fourth-order valence-electron chi connectivity index (χ4n) is 3.21. The van der Waals surface area contributed by atoms with Gasteiger partial charge in [0, 0.05) is 5.39 Å². The zero-order chi connectivity index (χ0) is 21.3. The highest BCUT2D eigenvalue weighted by Crippen LogP contribution is 2.30. The van der Waals surface area contributed by atoms with E-state index < -0.39 is 17.8 Å². The summed E-state index contributed by atoms with van der Waals surface area (Å²) in [5.74, 6) is -1.29. The number of carbonyl (C=O) groups is 1. The molecule has 0 radical (unpaired) electrons. The van der Waals surface area contributed by atoms with Crippen molar-refractivity contribution in [2.45, 2.75) is 13.0 Å². The van der Waals surface area contributed by atoms with Crippen LogP contribution >= 0.6 is 0 Å². The van der Waals surface area contributed by atoms with Crippen molar-refractivity contribution in [3.05, 3.63) is 77.8 Å². The van der Waals surface area contributed by atoms with E-state index in [9.17, 15) is 20.3 Å². The summed E-state index contributed by atoms with van der Waals surface area (Å²) < 4.78 is 5.31. The molecule has 4 aromatic rings. The number of allylic oxidation sites excluding steroid dienone is 1. The predicted molar refractivity (Wildman–Crippen MR) is 112 cm³/mol. The van der Waals surface area contributed by atoms with Gasteiger partial charge in [0.05, 0.1) is 11.0 Å². The van der Waals surface area contributed by atoms with E-state index in [2.05, 4.69) is 9.97 Å². The Morgan fingerprint density at radius 1 is 1.13 bits per heavy atom. The van der Waals surface area contributed by atoms with Crippen LogP contribution in [0.4, 0.5) is 0 Å². The molecule has 0 spiro atoms. The summed E-state index contributed by atoms with van der Waals surface area (Å²) in [6.07, 6.45) is -1.13. The van der Waals surface area contributed by atoms with Gasteiger partial charge in [-0.25, -0.2) is 9.78 Å². The van der Waals surface area contributed by atoms with Crippen LogP contribution in [-0.2, 0) is 4.74 Å². The van der Waals surface area contributed by atoms with Crippen LogP contribution in [0, 0.1) is 11.3 Å². The summed E-state index contributed by atoms with van der Waals surface area (Å²) in [5.41, 5.74) is 1.18. The molecule has 3 aromatic carbocycles. The molecule has 148 valence electrons. The van der Waals surface area contributed by atoms with Crippen molar-refractivity contribution in [3.8, 4) is 11.8 Å². The van der Waals surface area contributed by atoms with Crippen molar-refractivity contribution < 1.29 is 19.7 Å². The van der Waals surface area contributed by atoms with Gasteiger partial charge in [-0.2, -0.15) is 5.26 Å².